The van der Waals surface area contributed by atoms with Crippen LogP contribution in [-0.4, -0.2) is 47.2 Å². The molecule has 17 heavy (non-hydrogen) atoms. The summed E-state index contributed by atoms with van der Waals surface area (Å²) in [6.45, 7) is 0. The molecule has 0 bridgehead atoms. The normalized spacial score (nSPS) is 12.7. The molecule has 0 aliphatic carbocycles. The average Bonchev–Trinajstić information content (AvgIpc) is 2.97. The second kappa shape index (κ2) is 3.95. The number of nitrogens with one attached hydrogen (secondary N) is 1. The number of aromatic amines is 1. The maximum absolute atomic E-state index is 11.3. The maximum atomic E-state index is 11.3. The Kier molecular flexibility index (Phi) is 2.43. The summed E-state index contributed by atoms with van der Waals surface area (Å²) in [5.41, 5.74) is 7.94. The minimum atomic E-state index is -0.700. The van der Waals surface area contributed by atoms with Gasteiger partial charge in [-0.25, -0.2) is 0 Å². The second-order valence-electron chi connectivity index (χ2n) is 3.49. The molecular weight excluding hydrogens is 325 g/mol. The van der Waals surface area contributed by atoms with E-state index in [4.69, 9.17) is 5.73 Å². The van der Waals surface area contributed by atoms with E-state index in [-0.39, 0.29) is 5.69 Å². The van der Waals surface area contributed by atoms with Gasteiger partial charge < -0.3 is 0 Å². The number of nitrogens with two attached hydrogens (primary N) is 1. The predicted molar refractivity (Wildman–Crippen MR) is 62.6 cm³/mol. The van der Waals surface area contributed by atoms with Gasteiger partial charge in [0, 0.05) is 0 Å². The number of carbonyl (C=O) groups excluding carboxylic acids is 1. The van der Waals surface area contributed by atoms with Crippen LogP contribution in [0.5, 0.6) is 0 Å². The van der Waals surface area contributed by atoms with E-state index in [2.05, 4.69) is 24.3 Å². The molecule has 3 heterocycles. The van der Waals surface area contributed by atoms with Crippen LogP contribution in [0.15, 0.2) is 16.6 Å². The first-order valence-electron chi connectivity index (χ1n) is 4.89. The Bertz CT molecular complexity index is 633. The molecule has 2 aromatic rings. The summed E-state index contributed by atoms with van der Waals surface area (Å²) in [6, 6.07) is 0. The van der Waals surface area contributed by atoms with Crippen molar-refractivity contribution in [2.75, 3.05) is 0 Å². The first-order chi connectivity index (χ1) is 8.27. The summed E-state index contributed by atoms with van der Waals surface area (Å²) in [6.07, 6.45) is 5.12. The molecule has 1 aliphatic rings. The summed E-state index contributed by atoms with van der Waals surface area (Å²) >= 11 is -0.700. The van der Waals surface area contributed by atoms with Crippen molar-refractivity contribution in [3.05, 3.63) is 27.9 Å². The Morgan fingerprint density at radius 2 is 2.29 bits per heavy atom. The number of fused-ring (bicyclic) bond motifs is 1. The van der Waals surface area contributed by atoms with Gasteiger partial charge in [0.2, 0.25) is 0 Å². The van der Waals surface area contributed by atoms with E-state index in [9.17, 15) is 4.79 Å². The van der Waals surface area contributed by atoms with Crippen molar-refractivity contribution in [2.45, 2.75) is 0 Å². The van der Waals surface area contributed by atoms with Gasteiger partial charge >= 0.3 is 107 Å². The van der Waals surface area contributed by atoms with Crippen molar-refractivity contribution in [1.82, 2.24) is 20.2 Å². The average molecular weight is 332 g/mol. The van der Waals surface area contributed by atoms with E-state index in [0.29, 0.717) is 5.56 Å². The summed E-state index contributed by atoms with van der Waals surface area (Å²) in [7, 11) is 0. The number of carbonyl (C=O) groups is 1. The Morgan fingerprint density at radius 3 is 3.12 bits per heavy atom. The first kappa shape index (κ1) is 10.5. The minimum absolute atomic E-state index is 0.289. The standard InChI is InChI=1S/C10H7N5O.Sn/c1-2-6-3-12-5-13-8(6)7-4-14-15-9(7)10(11)16;/h1-2,4-5H,(H2,11,16)(H,14,15);. The number of amides is 1. The van der Waals surface area contributed by atoms with Gasteiger partial charge in [-0.05, 0) is 0 Å². The van der Waals surface area contributed by atoms with E-state index in [1.165, 1.54) is 6.33 Å². The van der Waals surface area contributed by atoms with Crippen LogP contribution >= 0.6 is 0 Å². The first-order valence-corrected chi connectivity index (χ1v) is 7.96. The van der Waals surface area contributed by atoms with E-state index < -0.39 is 27.0 Å². The fraction of sp³-hybridized carbons (Fsp3) is 0. The van der Waals surface area contributed by atoms with Gasteiger partial charge in [-0.1, -0.05) is 0 Å². The molecule has 0 atom stereocenters. The Morgan fingerprint density at radius 1 is 1.41 bits per heavy atom. The summed E-state index contributed by atoms with van der Waals surface area (Å²) in [5, 5.41) is 6.45. The van der Waals surface area contributed by atoms with Gasteiger partial charge in [-0.3, -0.25) is 0 Å². The number of hydrogen-bond donors (Lipinski definition) is 2. The summed E-state index contributed by atoms with van der Waals surface area (Å²) in [4.78, 5) is 19.7. The number of H-pyrrole nitrogens is 1. The topological polar surface area (TPSA) is 97.6 Å². The van der Waals surface area contributed by atoms with Crippen molar-refractivity contribution in [1.29, 1.82) is 0 Å². The van der Waals surface area contributed by atoms with Crippen LogP contribution in [0.25, 0.3) is 17.3 Å². The second-order valence-corrected chi connectivity index (χ2v) is 6.61. The molecule has 0 saturated carbocycles. The quantitative estimate of drug-likeness (QED) is 0.710. The number of nitrogens with zero attached hydrogens (tertiary/aromatic N) is 3. The van der Waals surface area contributed by atoms with Crippen molar-refractivity contribution in [2.24, 2.45) is 5.73 Å². The molecule has 2 radical (unpaired) electrons. The molecule has 0 unspecified atom stereocenters. The summed E-state index contributed by atoms with van der Waals surface area (Å²) < 4.78 is 3.30. The fourth-order valence-electron chi connectivity index (χ4n) is 1.74. The van der Waals surface area contributed by atoms with E-state index in [1.54, 1.807) is 6.20 Å². The molecule has 0 spiro atoms. The van der Waals surface area contributed by atoms with Crippen LogP contribution in [0.2, 0.25) is 0 Å². The molecule has 3 N–H and O–H groups in total. The molecule has 6 nitrogen and oxygen atoms in total. The van der Waals surface area contributed by atoms with Crippen LogP contribution < -0.4 is 9.44 Å². The van der Waals surface area contributed by atoms with E-state index in [1.807, 2.05) is 6.08 Å². The van der Waals surface area contributed by atoms with Crippen LogP contribution in [0.4, 0.5) is 0 Å². The Hall–Kier alpha value is -1.70. The van der Waals surface area contributed by atoms with Gasteiger partial charge in [0.1, 0.15) is 0 Å². The molecule has 0 fully saturated rings. The summed E-state index contributed by atoms with van der Waals surface area (Å²) in [5.74, 6) is -0.535. The zero-order valence-electron chi connectivity index (χ0n) is 8.64. The van der Waals surface area contributed by atoms with Gasteiger partial charge in [-0.15, -0.1) is 0 Å². The van der Waals surface area contributed by atoms with Crippen molar-refractivity contribution in [3.63, 3.8) is 0 Å². The number of rotatable bonds is 2. The van der Waals surface area contributed by atoms with Crippen LogP contribution in [0.3, 0.4) is 0 Å². The SMILES string of the molecule is NC(=O)c1[nH]ncc1-c1ncn[c]2c1C=[CH][Sn]2. The molecule has 1 amide bonds. The molecule has 1 aliphatic heterocycles. The third-order valence-corrected chi connectivity index (χ3v) is 5.36. The Labute approximate surface area is 107 Å². The predicted octanol–water partition coefficient (Wildman–Crippen LogP) is -0.721. The number of aromatic nitrogens is 4. The van der Waals surface area contributed by atoms with Gasteiger partial charge in [-0.2, -0.15) is 0 Å². The van der Waals surface area contributed by atoms with Gasteiger partial charge in [0.25, 0.3) is 0 Å². The van der Waals surface area contributed by atoms with E-state index >= 15 is 0 Å². The fourth-order valence-corrected chi connectivity index (χ4v) is 4.30. The van der Waals surface area contributed by atoms with Crippen LogP contribution in [0, 0.1) is 0 Å². The van der Waals surface area contributed by atoms with Crippen molar-refractivity contribution < 1.29 is 4.79 Å². The number of hydrogen-bond acceptors (Lipinski definition) is 4. The van der Waals surface area contributed by atoms with Gasteiger partial charge in [0.05, 0.1) is 0 Å². The van der Waals surface area contributed by atoms with Crippen LogP contribution in [-0.2, 0) is 0 Å². The third kappa shape index (κ3) is 1.64. The molecule has 0 aromatic carbocycles. The molecule has 0 saturated heterocycles. The van der Waals surface area contributed by atoms with Gasteiger partial charge in [0.15, 0.2) is 0 Å². The molecule has 3 rings (SSSR count). The third-order valence-electron chi connectivity index (χ3n) is 2.49. The van der Waals surface area contributed by atoms with Crippen molar-refractivity contribution >= 4 is 36.8 Å². The molecular formula is C10H7N5OSn. The zero-order chi connectivity index (χ0) is 11.8. The molecule has 7 heteroatoms. The number of primary amides is 1. The van der Waals surface area contributed by atoms with Crippen molar-refractivity contribution in [3.8, 4) is 11.3 Å². The Balaban J connectivity index is 2.23. The molecule has 82 valence electrons. The molecule has 2 aromatic heterocycles. The zero-order valence-corrected chi connectivity index (χ0v) is 11.5. The monoisotopic (exact) mass is 333 g/mol. The van der Waals surface area contributed by atoms with E-state index in [0.717, 1.165) is 15.0 Å². The van der Waals surface area contributed by atoms with Crippen LogP contribution in [0.1, 0.15) is 16.1 Å².